The molecule has 11 heteroatoms. The highest BCUT2D eigenvalue weighted by molar-refractivity contribution is 7.90. The summed E-state index contributed by atoms with van der Waals surface area (Å²) in [5, 5.41) is 10.3. The van der Waals surface area contributed by atoms with Gasteiger partial charge in [-0.3, -0.25) is 4.79 Å². The van der Waals surface area contributed by atoms with Crippen molar-refractivity contribution < 1.29 is 17.9 Å². The number of hydrogen-bond donors (Lipinski definition) is 1. The van der Waals surface area contributed by atoms with Crippen LogP contribution in [0.25, 0.3) is 16.9 Å². The van der Waals surface area contributed by atoms with Gasteiger partial charge in [0.1, 0.15) is 16.8 Å². The van der Waals surface area contributed by atoms with Crippen LogP contribution in [0.4, 0.5) is 4.39 Å². The molecule has 3 aromatic rings. The molecule has 0 radical (unpaired) electrons. The Kier molecular flexibility index (Phi) is 4.39. The van der Waals surface area contributed by atoms with Crippen molar-refractivity contribution in [2.24, 2.45) is 0 Å². The summed E-state index contributed by atoms with van der Waals surface area (Å²) >= 11 is 0. The Morgan fingerprint density at radius 1 is 1.28 bits per heavy atom. The van der Waals surface area contributed by atoms with Crippen molar-refractivity contribution in [2.45, 2.75) is 37.1 Å². The SMILES string of the molecule is CC1(O)CCC=C(F)Cn2c(=O)c3cnc(S(C)(=O)=O)nc3n2-c2cccc1n2. The number of rotatable bonds is 1. The maximum Gasteiger partial charge on any atom is 0.278 e. The third-order valence-electron chi connectivity index (χ3n) is 4.79. The number of sulfone groups is 1. The number of pyridine rings is 1. The molecule has 4 heterocycles. The molecule has 3 aromatic heterocycles. The van der Waals surface area contributed by atoms with Gasteiger partial charge in [-0.2, -0.15) is 4.98 Å². The van der Waals surface area contributed by atoms with Crippen LogP contribution >= 0.6 is 0 Å². The van der Waals surface area contributed by atoms with E-state index in [2.05, 4.69) is 15.0 Å². The molecule has 1 unspecified atom stereocenters. The number of aromatic nitrogens is 5. The van der Waals surface area contributed by atoms with E-state index >= 15 is 0 Å². The highest BCUT2D eigenvalue weighted by Crippen LogP contribution is 2.27. The van der Waals surface area contributed by atoms with E-state index < -0.39 is 38.5 Å². The molecule has 2 bridgehead atoms. The lowest BCUT2D eigenvalue weighted by molar-refractivity contribution is 0.0442. The second-order valence-corrected chi connectivity index (χ2v) is 9.09. The summed E-state index contributed by atoms with van der Waals surface area (Å²) in [5.74, 6) is -0.374. The van der Waals surface area contributed by atoms with E-state index in [9.17, 15) is 22.7 Å². The van der Waals surface area contributed by atoms with Gasteiger partial charge < -0.3 is 5.11 Å². The van der Waals surface area contributed by atoms with Gasteiger partial charge >= 0.3 is 0 Å². The number of hydrogen-bond acceptors (Lipinski definition) is 7. The zero-order valence-corrected chi connectivity index (χ0v) is 16.5. The summed E-state index contributed by atoms with van der Waals surface area (Å²) in [6.07, 6.45) is 3.86. The van der Waals surface area contributed by atoms with Crippen LogP contribution < -0.4 is 5.56 Å². The molecule has 0 amide bonds. The van der Waals surface area contributed by atoms with Crippen LogP contribution in [0.3, 0.4) is 0 Å². The Bertz CT molecular complexity index is 1320. The van der Waals surface area contributed by atoms with Gasteiger partial charge in [-0.1, -0.05) is 12.1 Å². The number of nitrogens with zero attached hydrogens (tertiary/aromatic N) is 5. The second-order valence-electron chi connectivity index (χ2n) is 7.18. The van der Waals surface area contributed by atoms with Gasteiger partial charge in [0.25, 0.3) is 5.56 Å². The lowest BCUT2D eigenvalue weighted by Gasteiger charge is -2.22. The van der Waals surface area contributed by atoms with Gasteiger partial charge in [-0.15, -0.1) is 0 Å². The minimum absolute atomic E-state index is 0.0123. The van der Waals surface area contributed by atoms with E-state index in [4.69, 9.17) is 0 Å². The Balaban J connectivity index is 2.12. The first-order valence-corrected chi connectivity index (χ1v) is 10.7. The van der Waals surface area contributed by atoms with Crippen LogP contribution in [-0.4, -0.2) is 44.1 Å². The highest BCUT2D eigenvalue weighted by Gasteiger charge is 2.27. The summed E-state index contributed by atoms with van der Waals surface area (Å²) in [4.78, 5) is 25.1. The Morgan fingerprint density at radius 3 is 2.76 bits per heavy atom. The predicted octanol–water partition coefficient (Wildman–Crippen LogP) is 1.24. The average molecular weight is 419 g/mol. The molecule has 4 rings (SSSR count). The third-order valence-corrected chi connectivity index (χ3v) is 5.65. The van der Waals surface area contributed by atoms with Gasteiger partial charge in [-0.25, -0.2) is 32.1 Å². The first-order chi connectivity index (χ1) is 13.6. The zero-order valence-electron chi connectivity index (χ0n) is 15.7. The lowest BCUT2D eigenvalue weighted by atomic mass is 9.95. The molecule has 29 heavy (non-hydrogen) atoms. The van der Waals surface area contributed by atoms with Crippen molar-refractivity contribution in [3.05, 3.63) is 52.3 Å². The van der Waals surface area contributed by atoms with Crippen molar-refractivity contribution in [2.75, 3.05) is 6.26 Å². The Labute approximate surface area is 165 Å². The molecule has 1 atom stereocenters. The van der Waals surface area contributed by atoms with Gasteiger partial charge in [0.05, 0.1) is 12.2 Å². The molecule has 0 aromatic carbocycles. The first kappa shape index (κ1) is 19.4. The molecule has 152 valence electrons. The topological polar surface area (TPSA) is 120 Å². The standard InChI is InChI=1S/C18H18FN5O4S/c1-18(26)8-4-5-11(19)10-23-16(25)12-9-20-17(29(2,27)28)22-15(12)24(23)14-7-3-6-13(18)21-14/h3,5-7,9,26H,4,8,10H2,1-2H3. The number of halogens is 1. The van der Waals surface area contributed by atoms with Crippen molar-refractivity contribution >= 4 is 20.9 Å². The molecule has 1 N–H and O–H groups in total. The van der Waals surface area contributed by atoms with Crippen molar-refractivity contribution in [1.29, 1.82) is 0 Å². The van der Waals surface area contributed by atoms with Crippen LogP contribution in [-0.2, 0) is 22.0 Å². The van der Waals surface area contributed by atoms with Crippen LogP contribution in [0.1, 0.15) is 25.5 Å². The lowest BCUT2D eigenvalue weighted by Crippen LogP contribution is -2.25. The molecule has 0 saturated carbocycles. The van der Waals surface area contributed by atoms with Crippen LogP contribution in [0.15, 0.2) is 46.2 Å². The molecule has 1 aliphatic heterocycles. The summed E-state index contributed by atoms with van der Waals surface area (Å²) in [5.41, 5.74) is -1.58. The molecule has 1 aliphatic rings. The van der Waals surface area contributed by atoms with E-state index in [-0.39, 0.29) is 29.7 Å². The van der Waals surface area contributed by atoms with E-state index in [0.717, 1.165) is 17.1 Å². The molecular formula is C18H18FN5O4S. The third kappa shape index (κ3) is 3.36. The monoisotopic (exact) mass is 419 g/mol. The minimum atomic E-state index is -3.74. The largest absolute Gasteiger partial charge is 0.384 e. The van der Waals surface area contributed by atoms with E-state index in [1.807, 2.05) is 0 Å². The molecule has 0 fully saturated rings. The summed E-state index contributed by atoms with van der Waals surface area (Å²) < 4.78 is 40.7. The smallest absolute Gasteiger partial charge is 0.278 e. The van der Waals surface area contributed by atoms with Crippen molar-refractivity contribution in [1.82, 2.24) is 24.3 Å². The fraction of sp³-hybridized carbons (Fsp3) is 0.333. The van der Waals surface area contributed by atoms with Crippen molar-refractivity contribution in [3.63, 3.8) is 0 Å². The average Bonchev–Trinajstić information content (AvgIpc) is 2.91. The van der Waals surface area contributed by atoms with Crippen LogP contribution in [0.5, 0.6) is 0 Å². The van der Waals surface area contributed by atoms with Gasteiger partial charge in [-0.05, 0) is 31.9 Å². The first-order valence-electron chi connectivity index (χ1n) is 8.81. The zero-order chi connectivity index (χ0) is 21.0. The normalized spacial score (nSPS) is 20.1. The predicted molar refractivity (Wildman–Crippen MR) is 102 cm³/mol. The fourth-order valence-electron chi connectivity index (χ4n) is 3.25. The van der Waals surface area contributed by atoms with Crippen molar-refractivity contribution in [3.8, 4) is 5.82 Å². The fourth-order valence-corrected chi connectivity index (χ4v) is 3.75. The maximum absolute atomic E-state index is 14.5. The highest BCUT2D eigenvalue weighted by atomic mass is 32.2. The maximum atomic E-state index is 14.5. The van der Waals surface area contributed by atoms with Gasteiger partial charge in [0.2, 0.25) is 15.0 Å². The summed E-state index contributed by atoms with van der Waals surface area (Å²) in [6, 6.07) is 4.84. The molecule has 0 spiro atoms. The number of aliphatic hydroxyl groups is 1. The van der Waals surface area contributed by atoms with E-state index in [1.165, 1.54) is 10.8 Å². The van der Waals surface area contributed by atoms with Gasteiger partial charge in [0, 0.05) is 12.5 Å². The number of allylic oxidation sites excluding steroid dienone is 2. The van der Waals surface area contributed by atoms with Crippen LogP contribution in [0, 0.1) is 0 Å². The molecule has 0 aliphatic carbocycles. The minimum Gasteiger partial charge on any atom is -0.384 e. The van der Waals surface area contributed by atoms with Gasteiger partial charge in [0.15, 0.2) is 11.5 Å². The van der Waals surface area contributed by atoms with E-state index in [0.29, 0.717) is 5.69 Å². The van der Waals surface area contributed by atoms with E-state index in [1.54, 1.807) is 25.1 Å². The molecule has 0 saturated heterocycles. The molecular weight excluding hydrogens is 401 g/mol. The number of fused-ring (bicyclic) bond motifs is 6. The van der Waals surface area contributed by atoms with Crippen LogP contribution in [0.2, 0.25) is 0 Å². The molecule has 9 nitrogen and oxygen atoms in total. The summed E-state index contributed by atoms with van der Waals surface area (Å²) in [7, 11) is -3.74. The second kappa shape index (κ2) is 6.56. The quantitative estimate of drug-likeness (QED) is 0.589. The Morgan fingerprint density at radius 2 is 2.03 bits per heavy atom. The Hall–Kier alpha value is -2.92. The summed E-state index contributed by atoms with van der Waals surface area (Å²) in [6.45, 7) is 1.19.